The van der Waals surface area contributed by atoms with Gasteiger partial charge in [-0.3, -0.25) is 0 Å². The van der Waals surface area contributed by atoms with Crippen molar-refractivity contribution in [1.29, 1.82) is 0 Å². The Bertz CT molecular complexity index is 726. The van der Waals surface area contributed by atoms with Crippen LogP contribution in [0.25, 0.3) is 0 Å². The van der Waals surface area contributed by atoms with Crippen LogP contribution in [-0.4, -0.2) is 69.1 Å². The van der Waals surface area contributed by atoms with E-state index in [1.807, 2.05) is 0 Å². The lowest BCUT2D eigenvalue weighted by molar-refractivity contribution is -0.139. The minimum atomic E-state index is -0.881. The first-order valence-corrected chi connectivity index (χ1v) is 17.6. The molecule has 2 aliphatic heterocycles. The van der Waals surface area contributed by atoms with Gasteiger partial charge in [-0.1, -0.05) is 103 Å². The third kappa shape index (κ3) is 16.2. The molecule has 0 aromatic carbocycles. The van der Waals surface area contributed by atoms with Crippen LogP contribution >= 0.6 is 0 Å². The monoisotopic (exact) mass is 596 g/mol. The summed E-state index contributed by atoms with van der Waals surface area (Å²) in [5.74, 6) is -0.383. The van der Waals surface area contributed by atoms with Gasteiger partial charge in [0.25, 0.3) is 0 Å². The Labute approximate surface area is 256 Å². The van der Waals surface area contributed by atoms with Gasteiger partial charge in [-0.2, -0.15) is 0 Å². The number of esters is 1. The first kappa shape index (κ1) is 37.2. The maximum Gasteiger partial charge on any atom is 0.334 e. The number of carbonyl (C=O) groups excluding carboxylic acids is 1. The number of cyclic esters (lactones) is 1. The molecule has 42 heavy (non-hydrogen) atoms. The minimum Gasteiger partial charge on any atom is -0.455 e. The standard InChI is InChI=1S/C35H64O7/c1-3-4-5-6-7-8-9-10-11-12-13-16-20-33(39)34-24-22-30(42-34)18-15-14-17-19-31(37)32(38)23-21-29(36)26-28-25-27(2)41-35(28)40/h25,27,29-34,36-39H,3-24,26H2,1-2H3/t27-,29+,30-,31+,32+,33-,34+/m0/s1. The quantitative estimate of drug-likeness (QED) is 0.0624. The van der Waals surface area contributed by atoms with Crippen molar-refractivity contribution in [3.8, 4) is 0 Å². The fourth-order valence-electron chi connectivity index (χ4n) is 6.40. The third-order valence-electron chi connectivity index (χ3n) is 9.14. The highest BCUT2D eigenvalue weighted by atomic mass is 16.5. The molecular formula is C35H64O7. The molecule has 2 heterocycles. The summed E-state index contributed by atoms with van der Waals surface area (Å²) in [6.45, 7) is 4.05. The van der Waals surface area contributed by atoms with Crippen LogP contribution in [0, 0.1) is 0 Å². The third-order valence-corrected chi connectivity index (χ3v) is 9.14. The molecule has 0 amide bonds. The molecule has 7 atom stereocenters. The van der Waals surface area contributed by atoms with Crippen molar-refractivity contribution in [2.24, 2.45) is 0 Å². The Morgan fingerprint density at radius 2 is 1.31 bits per heavy atom. The second-order valence-electron chi connectivity index (χ2n) is 13.1. The van der Waals surface area contributed by atoms with Crippen LogP contribution in [0.15, 0.2) is 11.6 Å². The second-order valence-corrected chi connectivity index (χ2v) is 13.1. The molecule has 7 nitrogen and oxygen atoms in total. The second kappa shape index (κ2) is 22.5. The number of carbonyl (C=O) groups is 1. The van der Waals surface area contributed by atoms with Gasteiger partial charge >= 0.3 is 5.97 Å². The fraction of sp³-hybridized carbons (Fsp3) is 0.914. The predicted molar refractivity (Wildman–Crippen MR) is 168 cm³/mol. The predicted octanol–water partition coefficient (Wildman–Crippen LogP) is 7.06. The van der Waals surface area contributed by atoms with E-state index < -0.39 is 18.3 Å². The van der Waals surface area contributed by atoms with Crippen molar-refractivity contribution in [3.63, 3.8) is 0 Å². The Morgan fingerprint density at radius 3 is 1.93 bits per heavy atom. The van der Waals surface area contributed by atoms with E-state index in [4.69, 9.17) is 9.47 Å². The van der Waals surface area contributed by atoms with Gasteiger partial charge in [0.2, 0.25) is 0 Å². The lowest BCUT2D eigenvalue weighted by Crippen LogP contribution is -2.27. The van der Waals surface area contributed by atoms with Crippen LogP contribution in [0.3, 0.4) is 0 Å². The van der Waals surface area contributed by atoms with Crippen LogP contribution < -0.4 is 0 Å². The van der Waals surface area contributed by atoms with E-state index in [2.05, 4.69) is 6.92 Å². The summed E-state index contributed by atoms with van der Waals surface area (Å²) in [5.41, 5.74) is 0.483. The van der Waals surface area contributed by atoms with Crippen LogP contribution in [0.4, 0.5) is 0 Å². The summed E-state index contributed by atoms with van der Waals surface area (Å²) in [6.07, 6.45) is 22.7. The molecule has 7 heteroatoms. The summed E-state index contributed by atoms with van der Waals surface area (Å²) < 4.78 is 11.2. The largest absolute Gasteiger partial charge is 0.455 e. The topological polar surface area (TPSA) is 116 Å². The highest BCUT2D eigenvalue weighted by Crippen LogP contribution is 2.28. The number of aliphatic hydroxyl groups is 4. The summed E-state index contributed by atoms with van der Waals surface area (Å²) in [4.78, 5) is 11.7. The molecular weight excluding hydrogens is 532 g/mol. The Kier molecular flexibility index (Phi) is 19.9. The lowest BCUT2D eigenvalue weighted by atomic mass is 9.97. The van der Waals surface area contributed by atoms with Crippen LogP contribution in [0.1, 0.15) is 162 Å². The summed E-state index contributed by atoms with van der Waals surface area (Å²) in [7, 11) is 0. The van der Waals surface area contributed by atoms with Gasteiger partial charge in [-0.05, 0) is 57.9 Å². The zero-order chi connectivity index (χ0) is 30.6. The van der Waals surface area contributed by atoms with Crippen LogP contribution in [0.2, 0.25) is 0 Å². The number of aliphatic hydroxyl groups excluding tert-OH is 4. The van der Waals surface area contributed by atoms with Crippen molar-refractivity contribution < 1.29 is 34.7 Å². The normalized spacial score (nSPS) is 23.5. The van der Waals surface area contributed by atoms with E-state index in [1.54, 1.807) is 13.0 Å². The van der Waals surface area contributed by atoms with Gasteiger partial charge in [-0.15, -0.1) is 0 Å². The Morgan fingerprint density at radius 1 is 0.738 bits per heavy atom. The number of unbranched alkanes of at least 4 members (excludes halogenated alkanes) is 13. The highest BCUT2D eigenvalue weighted by molar-refractivity contribution is 5.90. The fourth-order valence-corrected chi connectivity index (χ4v) is 6.40. The zero-order valence-corrected chi connectivity index (χ0v) is 26.9. The Hall–Kier alpha value is -0.990. The van der Waals surface area contributed by atoms with E-state index in [-0.39, 0.29) is 36.8 Å². The molecule has 0 unspecified atom stereocenters. The van der Waals surface area contributed by atoms with Gasteiger partial charge in [0.1, 0.15) is 6.10 Å². The molecule has 0 aromatic heterocycles. The van der Waals surface area contributed by atoms with Gasteiger partial charge in [-0.25, -0.2) is 4.79 Å². The maximum atomic E-state index is 11.7. The molecule has 0 aromatic rings. The highest BCUT2D eigenvalue weighted by Gasteiger charge is 2.30. The lowest BCUT2D eigenvalue weighted by Gasteiger charge is -2.20. The zero-order valence-electron chi connectivity index (χ0n) is 26.9. The van der Waals surface area contributed by atoms with Gasteiger partial charge in [0.15, 0.2) is 0 Å². The van der Waals surface area contributed by atoms with Crippen LogP contribution in [-0.2, 0) is 14.3 Å². The van der Waals surface area contributed by atoms with Gasteiger partial charge in [0.05, 0.1) is 36.6 Å². The molecule has 0 saturated carbocycles. The molecule has 0 aliphatic carbocycles. The molecule has 0 radical (unpaired) electrons. The summed E-state index contributed by atoms with van der Waals surface area (Å²) in [5, 5.41) is 41.4. The number of hydrogen-bond acceptors (Lipinski definition) is 7. The first-order valence-electron chi connectivity index (χ1n) is 17.6. The molecule has 2 rings (SSSR count). The first-order chi connectivity index (χ1) is 20.3. The average Bonchev–Trinajstić information content (AvgIpc) is 3.57. The smallest absolute Gasteiger partial charge is 0.334 e. The average molecular weight is 597 g/mol. The van der Waals surface area contributed by atoms with E-state index in [9.17, 15) is 25.2 Å². The van der Waals surface area contributed by atoms with Crippen molar-refractivity contribution in [2.75, 3.05) is 0 Å². The van der Waals surface area contributed by atoms with E-state index in [0.29, 0.717) is 24.8 Å². The number of hydrogen-bond donors (Lipinski definition) is 4. The minimum absolute atomic E-state index is 0.0194. The molecule has 246 valence electrons. The van der Waals surface area contributed by atoms with Crippen molar-refractivity contribution in [1.82, 2.24) is 0 Å². The molecule has 0 spiro atoms. The van der Waals surface area contributed by atoms with Crippen molar-refractivity contribution in [2.45, 2.75) is 204 Å². The van der Waals surface area contributed by atoms with E-state index >= 15 is 0 Å². The molecule has 2 aliphatic rings. The molecule has 1 saturated heterocycles. The van der Waals surface area contributed by atoms with Crippen LogP contribution in [0.5, 0.6) is 0 Å². The van der Waals surface area contributed by atoms with Gasteiger partial charge < -0.3 is 29.9 Å². The van der Waals surface area contributed by atoms with E-state index in [1.165, 1.54) is 70.6 Å². The van der Waals surface area contributed by atoms with E-state index in [0.717, 1.165) is 51.4 Å². The number of rotatable bonds is 26. The van der Waals surface area contributed by atoms with Crippen molar-refractivity contribution >= 4 is 5.97 Å². The number of ether oxygens (including phenoxy) is 2. The Balaban J connectivity index is 1.41. The maximum absolute atomic E-state index is 11.7. The SMILES string of the molecule is CCCCCCCCCCCCCC[C@H](O)[C@H]1CC[C@H](CCCCC[C@@H](O)[C@H](O)CC[C@@H](O)CC2=C[C@H](C)OC2=O)O1. The summed E-state index contributed by atoms with van der Waals surface area (Å²) >= 11 is 0. The van der Waals surface area contributed by atoms with Gasteiger partial charge in [0, 0.05) is 12.0 Å². The summed E-state index contributed by atoms with van der Waals surface area (Å²) in [6, 6.07) is 0. The molecule has 4 N–H and O–H groups in total. The molecule has 1 fully saturated rings. The molecule has 0 bridgehead atoms. The van der Waals surface area contributed by atoms with Crippen molar-refractivity contribution in [3.05, 3.63) is 11.6 Å².